The number of rotatable bonds is 4. The van der Waals surface area contributed by atoms with Gasteiger partial charge in [-0.2, -0.15) is 0 Å². The molecule has 7 heteroatoms. The van der Waals surface area contributed by atoms with Crippen LogP contribution in [0.5, 0.6) is 5.75 Å². The Morgan fingerprint density at radius 3 is 2.68 bits per heavy atom. The molecule has 0 atom stereocenters. The van der Waals surface area contributed by atoms with Crippen molar-refractivity contribution in [2.45, 2.75) is 6.92 Å². The number of hydrogen-bond acceptors (Lipinski definition) is 4. The fraction of sp³-hybridized carbons (Fsp3) is 0.143. The first-order valence-corrected chi connectivity index (χ1v) is 8.72. The minimum absolute atomic E-state index is 0.116. The van der Waals surface area contributed by atoms with Crippen molar-refractivity contribution in [1.29, 1.82) is 0 Å². The number of ether oxygens (including phenoxy) is 2. The van der Waals surface area contributed by atoms with Crippen LogP contribution in [0, 0.1) is 5.82 Å². The molecule has 0 saturated heterocycles. The number of carbonyl (C=O) groups is 1. The maximum absolute atomic E-state index is 13.8. The van der Waals surface area contributed by atoms with Crippen LogP contribution < -0.4 is 10.3 Å². The molecule has 6 nitrogen and oxygen atoms in total. The summed E-state index contributed by atoms with van der Waals surface area (Å²) in [4.78, 5) is 31.3. The zero-order chi connectivity index (χ0) is 19.8. The molecular weight excluding hydrogens is 363 g/mol. The van der Waals surface area contributed by atoms with E-state index in [1.807, 2.05) is 0 Å². The van der Waals surface area contributed by atoms with Gasteiger partial charge in [-0.25, -0.2) is 9.18 Å². The first-order valence-electron chi connectivity index (χ1n) is 8.72. The molecule has 4 aromatic rings. The molecule has 142 valence electrons. The van der Waals surface area contributed by atoms with Crippen molar-refractivity contribution >= 4 is 27.9 Å². The molecule has 0 aliphatic heterocycles. The molecule has 2 aromatic heterocycles. The van der Waals surface area contributed by atoms with Crippen molar-refractivity contribution in [2.75, 3.05) is 13.7 Å². The van der Waals surface area contributed by atoms with Crippen LogP contribution >= 0.6 is 0 Å². The molecule has 0 bridgehead atoms. The van der Waals surface area contributed by atoms with E-state index in [1.165, 1.54) is 19.2 Å². The zero-order valence-corrected chi connectivity index (χ0v) is 15.3. The van der Waals surface area contributed by atoms with Gasteiger partial charge in [0.05, 0.1) is 24.8 Å². The summed E-state index contributed by atoms with van der Waals surface area (Å²) in [7, 11) is 1.53. The average molecular weight is 380 g/mol. The van der Waals surface area contributed by atoms with Gasteiger partial charge in [-0.05, 0) is 42.8 Å². The average Bonchev–Trinajstić information content (AvgIpc) is 3.04. The number of pyridine rings is 1. The van der Waals surface area contributed by atoms with Gasteiger partial charge in [-0.1, -0.05) is 12.1 Å². The van der Waals surface area contributed by atoms with E-state index in [0.29, 0.717) is 38.8 Å². The van der Waals surface area contributed by atoms with Crippen molar-refractivity contribution in [1.82, 2.24) is 9.97 Å². The molecule has 28 heavy (non-hydrogen) atoms. The number of fused-ring (bicyclic) bond motifs is 3. The molecule has 0 saturated carbocycles. The van der Waals surface area contributed by atoms with Crippen molar-refractivity contribution in [2.24, 2.45) is 0 Å². The molecule has 0 fully saturated rings. The highest BCUT2D eigenvalue weighted by molar-refractivity contribution is 6.13. The fourth-order valence-electron chi connectivity index (χ4n) is 3.36. The number of carbonyl (C=O) groups excluding carboxylic acids is 1. The number of aromatic nitrogens is 2. The van der Waals surface area contributed by atoms with Crippen LogP contribution in [0.15, 0.2) is 47.3 Å². The number of halogens is 1. The van der Waals surface area contributed by atoms with Crippen LogP contribution in [0.3, 0.4) is 0 Å². The number of nitrogens with one attached hydrogen (secondary N) is 2. The quantitative estimate of drug-likeness (QED) is 0.524. The van der Waals surface area contributed by atoms with E-state index in [2.05, 4.69) is 9.97 Å². The lowest BCUT2D eigenvalue weighted by atomic mass is 9.99. The van der Waals surface area contributed by atoms with Gasteiger partial charge in [-0.3, -0.25) is 4.79 Å². The first-order chi connectivity index (χ1) is 13.5. The Hall–Kier alpha value is -3.61. The third-order valence-corrected chi connectivity index (χ3v) is 4.56. The standard InChI is InChI=1S/C21H17FN2O4/c1-3-28-21(26)17-16(11-5-4-6-13(9-11)27-2)19-18(24-20(17)25)14-10-12(22)7-8-15(14)23-19/h4-10,23H,3H2,1-2H3,(H,24,25). The van der Waals surface area contributed by atoms with Gasteiger partial charge >= 0.3 is 5.97 Å². The van der Waals surface area contributed by atoms with Crippen LogP contribution in [0.2, 0.25) is 0 Å². The lowest BCUT2D eigenvalue weighted by Crippen LogP contribution is -2.21. The number of methoxy groups -OCH3 is 1. The van der Waals surface area contributed by atoms with Gasteiger partial charge in [0.1, 0.15) is 17.1 Å². The van der Waals surface area contributed by atoms with Crippen molar-refractivity contribution in [3.05, 3.63) is 64.2 Å². The fourth-order valence-corrected chi connectivity index (χ4v) is 3.36. The Labute approximate surface area is 158 Å². The topological polar surface area (TPSA) is 84.2 Å². The molecule has 0 radical (unpaired) electrons. The second-order valence-corrected chi connectivity index (χ2v) is 6.22. The van der Waals surface area contributed by atoms with E-state index >= 15 is 0 Å². The van der Waals surface area contributed by atoms with E-state index in [1.54, 1.807) is 37.3 Å². The predicted octanol–water partition coefficient (Wildman–Crippen LogP) is 4.00. The van der Waals surface area contributed by atoms with E-state index in [-0.39, 0.29) is 12.2 Å². The lowest BCUT2D eigenvalue weighted by molar-refractivity contribution is 0.0525. The highest BCUT2D eigenvalue weighted by Gasteiger charge is 2.24. The largest absolute Gasteiger partial charge is 0.497 e. The number of benzene rings is 2. The lowest BCUT2D eigenvalue weighted by Gasteiger charge is -2.11. The molecule has 0 unspecified atom stereocenters. The summed E-state index contributed by atoms with van der Waals surface area (Å²) in [5.41, 5.74) is 1.83. The molecule has 0 amide bonds. The summed E-state index contributed by atoms with van der Waals surface area (Å²) >= 11 is 0. The molecular formula is C21H17FN2O4. The molecule has 2 N–H and O–H groups in total. The smallest absolute Gasteiger partial charge is 0.344 e. The highest BCUT2D eigenvalue weighted by Crippen LogP contribution is 2.35. The summed E-state index contributed by atoms with van der Waals surface area (Å²) in [6.45, 7) is 1.80. The Morgan fingerprint density at radius 1 is 1.11 bits per heavy atom. The van der Waals surface area contributed by atoms with Crippen LogP contribution in [-0.4, -0.2) is 29.7 Å². The van der Waals surface area contributed by atoms with Crippen molar-refractivity contribution in [3.63, 3.8) is 0 Å². The zero-order valence-electron chi connectivity index (χ0n) is 15.3. The molecule has 0 aliphatic rings. The summed E-state index contributed by atoms with van der Waals surface area (Å²) in [5, 5.41) is 0.520. The second kappa shape index (κ2) is 6.84. The van der Waals surface area contributed by atoms with Gasteiger partial charge in [-0.15, -0.1) is 0 Å². The highest BCUT2D eigenvalue weighted by atomic mass is 19.1. The summed E-state index contributed by atoms with van der Waals surface area (Å²) in [6.07, 6.45) is 0. The monoisotopic (exact) mass is 380 g/mol. The minimum Gasteiger partial charge on any atom is -0.497 e. The third kappa shape index (κ3) is 2.81. The van der Waals surface area contributed by atoms with E-state index in [0.717, 1.165) is 0 Å². The Bertz CT molecular complexity index is 1270. The second-order valence-electron chi connectivity index (χ2n) is 6.22. The van der Waals surface area contributed by atoms with Gasteiger partial charge in [0.15, 0.2) is 0 Å². The van der Waals surface area contributed by atoms with Gasteiger partial charge in [0.25, 0.3) is 5.56 Å². The normalized spacial score (nSPS) is 11.1. The van der Waals surface area contributed by atoms with Crippen LogP contribution in [-0.2, 0) is 4.74 Å². The maximum atomic E-state index is 13.8. The SMILES string of the molecule is CCOC(=O)c1c(-c2cccc(OC)c2)c2[nH]c3ccc(F)cc3c2[nH]c1=O. The van der Waals surface area contributed by atoms with Crippen LogP contribution in [0.4, 0.5) is 4.39 Å². The summed E-state index contributed by atoms with van der Waals surface area (Å²) in [5.74, 6) is -0.581. The number of aromatic amines is 2. The van der Waals surface area contributed by atoms with Crippen molar-refractivity contribution < 1.29 is 18.7 Å². The molecule has 2 heterocycles. The summed E-state index contributed by atoms with van der Waals surface area (Å²) in [6, 6.07) is 11.3. The molecule has 4 rings (SSSR count). The molecule has 2 aromatic carbocycles. The Balaban J connectivity index is 2.15. The summed E-state index contributed by atoms with van der Waals surface area (Å²) < 4.78 is 24.2. The Kier molecular flexibility index (Phi) is 4.35. The third-order valence-electron chi connectivity index (χ3n) is 4.56. The van der Waals surface area contributed by atoms with Crippen molar-refractivity contribution in [3.8, 4) is 16.9 Å². The van der Waals surface area contributed by atoms with Gasteiger partial charge in [0.2, 0.25) is 0 Å². The number of hydrogen-bond donors (Lipinski definition) is 2. The molecule has 0 aliphatic carbocycles. The van der Waals surface area contributed by atoms with Gasteiger partial charge < -0.3 is 19.4 Å². The van der Waals surface area contributed by atoms with Crippen LogP contribution in [0.25, 0.3) is 33.1 Å². The predicted molar refractivity (Wildman–Crippen MR) is 104 cm³/mol. The van der Waals surface area contributed by atoms with E-state index in [4.69, 9.17) is 9.47 Å². The maximum Gasteiger partial charge on any atom is 0.344 e. The number of esters is 1. The van der Waals surface area contributed by atoms with Gasteiger partial charge in [0, 0.05) is 16.5 Å². The van der Waals surface area contributed by atoms with E-state index in [9.17, 15) is 14.0 Å². The van der Waals surface area contributed by atoms with E-state index < -0.39 is 17.3 Å². The van der Waals surface area contributed by atoms with Crippen LogP contribution in [0.1, 0.15) is 17.3 Å². The number of H-pyrrole nitrogens is 2. The first kappa shape index (κ1) is 17.8. The minimum atomic E-state index is -0.728. The molecule has 0 spiro atoms. The Morgan fingerprint density at radius 2 is 1.93 bits per heavy atom.